The molecule has 4 N–H and O–H groups in total. The number of rotatable bonds is 3. The Labute approximate surface area is 49.3 Å². The second-order valence-corrected chi connectivity index (χ2v) is 1.23. The van der Waals surface area contributed by atoms with E-state index in [2.05, 4.69) is 17.2 Å². The molecule has 0 aromatic rings. The van der Waals surface area contributed by atoms with Gasteiger partial charge in [0.2, 0.25) is 0 Å². The lowest BCUT2D eigenvalue weighted by Gasteiger charge is -2.00. The van der Waals surface area contributed by atoms with Crippen molar-refractivity contribution in [1.29, 1.82) is 0 Å². The highest BCUT2D eigenvalue weighted by molar-refractivity contribution is 4.92. The maximum atomic E-state index is 5.02. The minimum absolute atomic E-state index is 0.728. The average Bonchev–Trinajstić information content (AvgIpc) is 1.83. The van der Waals surface area contributed by atoms with Crippen molar-refractivity contribution < 1.29 is 0 Å². The Bertz CT molecular complexity index is 95.8. The summed E-state index contributed by atoms with van der Waals surface area (Å²) >= 11 is 0. The molecule has 0 heterocycles. The average molecular weight is 113 g/mol. The summed E-state index contributed by atoms with van der Waals surface area (Å²) in [4.78, 5) is 0. The largest absolute Gasteiger partial charge is 0.403 e. The zero-order valence-electron chi connectivity index (χ0n) is 4.94. The number of hydrogen-bond donors (Lipinski definition) is 3. The van der Waals surface area contributed by atoms with E-state index in [0.29, 0.717) is 0 Å². The molecule has 0 aliphatic carbocycles. The summed E-state index contributed by atoms with van der Waals surface area (Å²) < 4.78 is 0. The first-order valence-electron chi connectivity index (χ1n) is 2.31. The molecule has 0 saturated carbocycles. The smallest absolute Gasteiger partial charge is 0.0950 e. The van der Waals surface area contributed by atoms with Crippen LogP contribution in [0.2, 0.25) is 0 Å². The van der Waals surface area contributed by atoms with E-state index in [1.807, 2.05) is 0 Å². The molecule has 0 spiro atoms. The third-order valence-electron chi connectivity index (χ3n) is 0.656. The molecule has 0 atom stereocenters. The topological polar surface area (TPSA) is 50.1 Å². The van der Waals surface area contributed by atoms with Crippen molar-refractivity contribution in [3.63, 3.8) is 0 Å². The first-order valence-corrected chi connectivity index (χ1v) is 2.31. The van der Waals surface area contributed by atoms with Gasteiger partial charge in [0.15, 0.2) is 0 Å². The third-order valence-corrected chi connectivity index (χ3v) is 0.656. The van der Waals surface area contributed by atoms with Gasteiger partial charge in [-0.05, 0) is 0 Å². The van der Waals surface area contributed by atoms with E-state index in [0.717, 1.165) is 5.82 Å². The van der Waals surface area contributed by atoms with E-state index in [4.69, 9.17) is 5.73 Å². The number of nitrogens with one attached hydrogen (secondary N) is 2. The molecule has 0 amide bonds. The van der Waals surface area contributed by atoms with Crippen LogP contribution in [0, 0.1) is 0 Å². The molecule has 0 aliphatic rings. The fourth-order valence-corrected chi connectivity index (χ4v) is 0.221. The van der Waals surface area contributed by atoms with Crippen LogP contribution in [0.4, 0.5) is 0 Å². The summed E-state index contributed by atoms with van der Waals surface area (Å²) in [6.07, 6.45) is 3.00. The minimum Gasteiger partial charge on any atom is -0.403 e. The van der Waals surface area contributed by atoms with Gasteiger partial charge in [0, 0.05) is 19.4 Å². The predicted molar refractivity (Wildman–Crippen MR) is 34.7 cm³/mol. The number of nitrogens with two attached hydrogens (primary N) is 1. The molecule has 46 valence electrons. The van der Waals surface area contributed by atoms with E-state index < -0.39 is 0 Å². The highest BCUT2D eigenvalue weighted by atomic mass is 15.0. The lowest BCUT2D eigenvalue weighted by atomic mass is 10.7. The van der Waals surface area contributed by atoms with Gasteiger partial charge in [-0.15, -0.1) is 0 Å². The van der Waals surface area contributed by atoms with Gasteiger partial charge in [0.05, 0.1) is 5.82 Å². The van der Waals surface area contributed by atoms with Crippen LogP contribution in [0.1, 0.15) is 0 Å². The van der Waals surface area contributed by atoms with E-state index in [9.17, 15) is 0 Å². The van der Waals surface area contributed by atoms with Crippen LogP contribution in [-0.4, -0.2) is 7.05 Å². The normalized spacial score (nSPS) is 9.12. The van der Waals surface area contributed by atoms with Crippen LogP contribution in [-0.2, 0) is 0 Å². The third kappa shape index (κ3) is 3.08. The summed E-state index contributed by atoms with van der Waals surface area (Å²) in [7, 11) is 1.78. The van der Waals surface area contributed by atoms with E-state index in [1.54, 1.807) is 13.2 Å². The first kappa shape index (κ1) is 6.88. The quantitative estimate of drug-likeness (QED) is 0.471. The molecule has 0 aromatic heterocycles. The van der Waals surface area contributed by atoms with Crippen LogP contribution < -0.4 is 16.4 Å². The standard InChI is InChI=1S/C5H11N3/c1-5(7-2)8-4-3-6/h3-4,7-8H,1,6H2,2H3/b4-3-. The zero-order valence-corrected chi connectivity index (χ0v) is 4.94. The van der Waals surface area contributed by atoms with Gasteiger partial charge < -0.3 is 16.4 Å². The van der Waals surface area contributed by atoms with Crippen LogP contribution in [0.15, 0.2) is 24.8 Å². The fourth-order valence-electron chi connectivity index (χ4n) is 0.221. The van der Waals surface area contributed by atoms with Crippen LogP contribution in [0.3, 0.4) is 0 Å². The van der Waals surface area contributed by atoms with Gasteiger partial charge in [0.1, 0.15) is 0 Å². The molecule has 8 heavy (non-hydrogen) atoms. The molecule has 0 aliphatic heterocycles. The molecule has 0 rings (SSSR count). The Morgan fingerprint density at radius 1 is 1.75 bits per heavy atom. The van der Waals surface area contributed by atoms with Crippen LogP contribution >= 0.6 is 0 Å². The highest BCUT2D eigenvalue weighted by Gasteiger charge is 1.76. The molecule has 0 fully saturated rings. The molecular weight excluding hydrogens is 102 g/mol. The Hall–Kier alpha value is -1.12. The molecule has 3 heteroatoms. The fraction of sp³-hybridized carbons (Fsp3) is 0.200. The Balaban J connectivity index is 3.25. The molecule has 0 aromatic carbocycles. The minimum atomic E-state index is 0.728. The lowest BCUT2D eigenvalue weighted by molar-refractivity contribution is 0.876. The molecule has 3 nitrogen and oxygen atoms in total. The van der Waals surface area contributed by atoms with Crippen molar-refractivity contribution in [2.75, 3.05) is 7.05 Å². The second-order valence-electron chi connectivity index (χ2n) is 1.23. The zero-order chi connectivity index (χ0) is 6.41. The van der Waals surface area contributed by atoms with Gasteiger partial charge in [-0.2, -0.15) is 0 Å². The van der Waals surface area contributed by atoms with Gasteiger partial charge in [-0.3, -0.25) is 0 Å². The van der Waals surface area contributed by atoms with E-state index in [-0.39, 0.29) is 0 Å². The van der Waals surface area contributed by atoms with Crippen molar-refractivity contribution in [2.24, 2.45) is 5.73 Å². The summed E-state index contributed by atoms with van der Waals surface area (Å²) in [6, 6.07) is 0. The Morgan fingerprint density at radius 2 is 2.38 bits per heavy atom. The van der Waals surface area contributed by atoms with Gasteiger partial charge in [-0.25, -0.2) is 0 Å². The molecule has 0 unspecified atom stereocenters. The van der Waals surface area contributed by atoms with Crippen molar-refractivity contribution in [2.45, 2.75) is 0 Å². The maximum absolute atomic E-state index is 5.02. The van der Waals surface area contributed by atoms with Gasteiger partial charge in [-0.1, -0.05) is 6.58 Å². The Morgan fingerprint density at radius 3 is 2.75 bits per heavy atom. The molecule has 0 radical (unpaired) electrons. The van der Waals surface area contributed by atoms with Gasteiger partial charge in [0.25, 0.3) is 0 Å². The van der Waals surface area contributed by atoms with Crippen LogP contribution in [0.25, 0.3) is 0 Å². The van der Waals surface area contributed by atoms with Gasteiger partial charge >= 0.3 is 0 Å². The van der Waals surface area contributed by atoms with Crippen LogP contribution in [0.5, 0.6) is 0 Å². The van der Waals surface area contributed by atoms with Crippen molar-refractivity contribution in [1.82, 2.24) is 10.6 Å². The summed E-state index contributed by atoms with van der Waals surface area (Å²) in [5, 5.41) is 5.56. The van der Waals surface area contributed by atoms with E-state index in [1.165, 1.54) is 6.20 Å². The maximum Gasteiger partial charge on any atom is 0.0950 e. The first-order chi connectivity index (χ1) is 3.81. The summed E-state index contributed by atoms with van der Waals surface area (Å²) in [6.45, 7) is 3.58. The Kier molecular flexibility index (Phi) is 3.48. The van der Waals surface area contributed by atoms with Crippen molar-refractivity contribution >= 4 is 0 Å². The highest BCUT2D eigenvalue weighted by Crippen LogP contribution is 1.69. The van der Waals surface area contributed by atoms with Crippen molar-refractivity contribution in [3.05, 3.63) is 24.8 Å². The molecular formula is C5H11N3. The molecule has 0 saturated heterocycles. The lowest BCUT2D eigenvalue weighted by Crippen LogP contribution is -2.17. The summed E-state index contributed by atoms with van der Waals surface area (Å²) in [5.74, 6) is 0.728. The number of hydrogen-bond acceptors (Lipinski definition) is 3. The monoisotopic (exact) mass is 113 g/mol. The second kappa shape index (κ2) is 4.05. The van der Waals surface area contributed by atoms with E-state index >= 15 is 0 Å². The molecule has 0 bridgehead atoms. The van der Waals surface area contributed by atoms with Crippen molar-refractivity contribution in [3.8, 4) is 0 Å². The SMILES string of the molecule is C=C(NC)N/C=C\N. The summed E-state index contributed by atoms with van der Waals surface area (Å²) in [5.41, 5.74) is 5.02. The predicted octanol–water partition coefficient (Wildman–Crippen LogP) is -0.304.